The molecule has 0 saturated carbocycles. The highest BCUT2D eigenvalue weighted by molar-refractivity contribution is 7.92. The summed E-state index contributed by atoms with van der Waals surface area (Å²) in [6.45, 7) is 0. The van der Waals surface area contributed by atoms with Gasteiger partial charge in [0.25, 0.3) is 10.0 Å². The zero-order valence-corrected chi connectivity index (χ0v) is 16.8. The van der Waals surface area contributed by atoms with Gasteiger partial charge in [0.15, 0.2) is 0 Å². The number of aromatic nitrogens is 2. The fourth-order valence-corrected chi connectivity index (χ4v) is 3.98. The smallest absolute Gasteiger partial charge is 0.373 e. The number of hydrogen-bond acceptors (Lipinski definition) is 5. The lowest BCUT2D eigenvalue weighted by Crippen LogP contribution is -2.13. The number of nitrogens with one attached hydrogen (secondary N) is 1. The molecule has 0 atom stereocenters. The van der Waals surface area contributed by atoms with Crippen molar-refractivity contribution < 1.29 is 18.3 Å². The van der Waals surface area contributed by atoms with E-state index in [-0.39, 0.29) is 10.7 Å². The number of carboxylic acids is 1. The highest BCUT2D eigenvalue weighted by Gasteiger charge is 2.16. The summed E-state index contributed by atoms with van der Waals surface area (Å²) >= 11 is 0. The Bertz CT molecular complexity index is 1450. The van der Waals surface area contributed by atoms with E-state index in [1.165, 1.54) is 12.4 Å². The zero-order chi connectivity index (χ0) is 21.8. The maximum Gasteiger partial charge on any atom is 0.373 e. The number of fused-ring (bicyclic) bond motifs is 1. The molecule has 0 saturated heterocycles. The van der Waals surface area contributed by atoms with E-state index < -0.39 is 16.0 Å². The van der Waals surface area contributed by atoms with Gasteiger partial charge in [-0.1, -0.05) is 54.3 Å². The van der Waals surface area contributed by atoms with Crippen LogP contribution in [0.3, 0.4) is 0 Å². The van der Waals surface area contributed by atoms with Crippen molar-refractivity contribution >= 4 is 32.5 Å². The highest BCUT2D eigenvalue weighted by atomic mass is 32.2. The number of rotatable bonds is 4. The Balaban J connectivity index is 1.63. The molecule has 2 N–H and O–H groups in total. The lowest BCUT2D eigenvalue weighted by Gasteiger charge is -2.10. The Morgan fingerprint density at radius 1 is 0.871 bits per heavy atom. The second-order valence-electron chi connectivity index (χ2n) is 6.51. The molecule has 0 amide bonds. The van der Waals surface area contributed by atoms with Crippen molar-refractivity contribution in [3.8, 4) is 11.8 Å². The standard InChI is InChI=1S/C23H15N3O4S/c27-23(28)22-24-14-16(15-25-22)9-10-18-6-3-4-8-21(18)26-31(29,30)20-12-11-17-5-1-2-7-19(17)13-20/h1-8,11-15,26H,(H,27,28). The van der Waals surface area contributed by atoms with Crippen LogP contribution >= 0.6 is 0 Å². The fraction of sp³-hybridized carbons (Fsp3) is 0. The SMILES string of the molecule is O=C(O)c1ncc(C#Cc2ccccc2NS(=O)(=O)c2ccc3ccccc3c2)cn1. The van der Waals surface area contributed by atoms with E-state index >= 15 is 0 Å². The lowest BCUT2D eigenvalue weighted by atomic mass is 10.1. The summed E-state index contributed by atoms with van der Waals surface area (Å²) in [6.07, 6.45) is 2.59. The molecule has 31 heavy (non-hydrogen) atoms. The van der Waals surface area contributed by atoms with Crippen LogP contribution in [-0.4, -0.2) is 29.5 Å². The van der Waals surface area contributed by atoms with Crippen LogP contribution in [0.15, 0.2) is 84.0 Å². The first-order chi connectivity index (χ1) is 14.9. The highest BCUT2D eigenvalue weighted by Crippen LogP contribution is 2.23. The van der Waals surface area contributed by atoms with Crippen molar-refractivity contribution in [3.05, 3.63) is 96.1 Å². The van der Waals surface area contributed by atoms with E-state index in [0.717, 1.165) is 10.8 Å². The van der Waals surface area contributed by atoms with E-state index in [4.69, 9.17) is 5.11 Å². The Kier molecular flexibility index (Phi) is 5.35. The molecule has 3 aromatic carbocycles. The van der Waals surface area contributed by atoms with Crippen LogP contribution in [0.5, 0.6) is 0 Å². The van der Waals surface area contributed by atoms with Gasteiger partial charge in [0.2, 0.25) is 5.82 Å². The maximum absolute atomic E-state index is 12.9. The summed E-state index contributed by atoms with van der Waals surface area (Å²) in [4.78, 5) is 18.4. The van der Waals surface area contributed by atoms with E-state index in [9.17, 15) is 13.2 Å². The van der Waals surface area contributed by atoms with E-state index in [0.29, 0.717) is 16.8 Å². The third-order valence-electron chi connectivity index (χ3n) is 4.39. The van der Waals surface area contributed by atoms with Gasteiger partial charge in [0.05, 0.1) is 16.1 Å². The van der Waals surface area contributed by atoms with Gasteiger partial charge in [0.1, 0.15) is 0 Å². The number of hydrogen-bond donors (Lipinski definition) is 2. The summed E-state index contributed by atoms with van der Waals surface area (Å²) in [5.74, 6) is 4.14. The molecule has 0 spiro atoms. The maximum atomic E-state index is 12.9. The van der Waals surface area contributed by atoms with Crippen molar-refractivity contribution in [1.82, 2.24) is 9.97 Å². The third kappa shape index (κ3) is 4.52. The molecule has 152 valence electrons. The minimum Gasteiger partial charge on any atom is -0.475 e. The van der Waals surface area contributed by atoms with Gasteiger partial charge in [-0.15, -0.1) is 0 Å². The fourth-order valence-electron chi connectivity index (χ4n) is 2.86. The molecular weight excluding hydrogens is 414 g/mol. The predicted molar refractivity (Wildman–Crippen MR) is 116 cm³/mol. The molecule has 1 heterocycles. The number of nitrogens with zero attached hydrogens (tertiary/aromatic N) is 2. The normalized spacial score (nSPS) is 10.8. The molecule has 0 bridgehead atoms. The van der Waals surface area contributed by atoms with E-state index in [1.807, 2.05) is 24.3 Å². The molecule has 0 unspecified atom stereocenters. The summed E-state index contributed by atoms with van der Waals surface area (Å²) in [7, 11) is -3.83. The summed E-state index contributed by atoms with van der Waals surface area (Å²) in [6, 6.07) is 19.2. The van der Waals surface area contributed by atoms with Crippen LogP contribution in [0.4, 0.5) is 5.69 Å². The van der Waals surface area contributed by atoms with Gasteiger partial charge >= 0.3 is 5.97 Å². The van der Waals surface area contributed by atoms with Crippen molar-refractivity contribution in [2.75, 3.05) is 4.72 Å². The summed E-state index contributed by atoms with van der Waals surface area (Å²) in [5, 5.41) is 10.6. The first-order valence-corrected chi connectivity index (χ1v) is 10.6. The van der Waals surface area contributed by atoms with Crippen LogP contribution < -0.4 is 4.72 Å². The van der Waals surface area contributed by atoms with Crippen LogP contribution in [-0.2, 0) is 10.0 Å². The molecule has 0 radical (unpaired) electrons. The Labute approximate surface area is 178 Å². The van der Waals surface area contributed by atoms with Gasteiger partial charge in [-0.2, -0.15) is 0 Å². The van der Waals surface area contributed by atoms with E-state index in [2.05, 4.69) is 26.5 Å². The molecule has 4 rings (SSSR count). The van der Waals surface area contributed by atoms with Crippen LogP contribution in [0, 0.1) is 11.8 Å². The predicted octanol–water partition coefficient (Wildman–Crippen LogP) is 3.53. The third-order valence-corrected chi connectivity index (χ3v) is 5.75. The number of carboxylic acid groups (broad SMARTS) is 1. The molecule has 0 aliphatic rings. The first-order valence-electron chi connectivity index (χ1n) is 9.10. The molecule has 1 aromatic heterocycles. The van der Waals surface area contributed by atoms with Gasteiger partial charge in [0, 0.05) is 18.0 Å². The molecule has 7 nitrogen and oxygen atoms in total. The van der Waals surface area contributed by atoms with Gasteiger partial charge in [-0.05, 0) is 35.0 Å². The van der Waals surface area contributed by atoms with Crippen LogP contribution in [0.25, 0.3) is 10.8 Å². The van der Waals surface area contributed by atoms with Gasteiger partial charge in [-0.3, -0.25) is 4.72 Å². The summed E-state index contributed by atoms with van der Waals surface area (Å²) < 4.78 is 28.5. The minimum atomic E-state index is -3.83. The second-order valence-corrected chi connectivity index (χ2v) is 8.19. The second kappa shape index (κ2) is 8.26. The monoisotopic (exact) mass is 429 g/mol. The topological polar surface area (TPSA) is 109 Å². The molecule has 8 heteroatoms. The number of carbonyl (C=O) groups is 1. The minimum absolute atomic E-state index is 0.145. The number of benzene rings is 3. The van der Waals surface area contributed by atoms with Gasteiger partial charge in [-0.25, -0.2) is 23.2 Å². The number of sulfonamides is 1. The Hall–Kier alpha value is -4.22. The average Bonchev–Trinajstić information content (AvgIpc) is 2.78. The van der Waals surface area contributed by atoms with Crippen molar-refractivity contribution in [1.29, 1.82) is 0 Å². The largest absolute Gasteiger partial charge is 0.475 e. The molecule has 0 fully saturated rings. The van der Waals surface area contributed by atoms with Gasteiger partial charge < -0.3 is 5.11 Å². The molecule has 0 aliphatic heterocycles. The van der Waals surface area contributed by atoms with Crippen LogP contribution in [0.1, 0.15) is 21.7 Å². The van der Waals surface area contributed by atoms with E-state index in [1.54, 1.807) is 42.5 Å². The number of aromatic carboxylic acids is 1. The first kappa shape index (κ1) is 20.1. The summed E-state index contributed by atoms with van der Waals surface area (Å²) in [5.41, 5.74) is 1.18. The van der Waals surface area contributed by atoms with Crippen LogP contribution in [0.2, 0.25) is 0 Å². The molecule has 0 aliphatic carbocycles. The zero-order valence-electron chi connectivity index (χ0n) is 16.0. The van der Waals surface area contributed by atoms with Crippen molar-refractivity contribution in [2.24, 2.45) is 0 Å². The molecular formula is C23H15N3O4S. The Morgan fingerprint density at radius 3 is 2.29 bits per heavy atom. The molecule has 4 aromatic rings. The number of para-hydroxylation sites is 1. The van der Waals surface area contributed by atoms with Crippen molar-refractivity contribution in [2.45, 2.75) is 4.90 Å². The average molecular weight is 429 g/mol. The van der Waals surface area contributed by atoms with Crippen molar-refractivity contribution in [3.63, 3.8) is 0 Å². The lowest BCUT2D eigenvalue weighted by molar-refractivity contribution is 0.0683. The quantitative estimate of drug-likeness (QED) is 0.481. The number of anilines is 1. The Morgan fingerprint density at radius 2 is 1.55 bits per heavy atom.